The average Bonchev–Trinajstić information content (AvgIpc) is 2.93. The van der Waals surface area contributed by atoms with E-state index in [1.165, 1.54) is 5.56 Å². The summed E-state index contributed by atoms with van der Waals surface area (Å²) in [4.78, 5) is 6.83. The van der Waals surface area contributed by atoms with E-state index in [9.17, 15) is 0 Å². The first-order valence-electron chi connectivity index (χ1n) is 7.70. The maximum atomic E-state index is 5.65. The summed E-state index contributed by atoms with van der Waals surface area (Å²) in [5.41, 5.74) is 1.35. The molecule has 1 N–H and O–H groups in total. The summed E-state index contributed by atoms with van der Waals surface area (Å²) >= 11 is 0. The molecule has 1 aromatic heterocycles. The topological polar surface area (TPSA) is 41.3 Å². The number of oxazole rings is 1. The van der Waals surface area contributed by atoms with Crippen molar-refractivity contribution in [3.8, 4) is 0 Å². The largest absolute Gasteiger partial charge is 0.445 e. The molecule has 0 radical (unpaired) electrons. The van der Waals surface area contributed by atoms with Crippen LogP contribution in [-0.2, 0) is 6.54 Å². The molecule has 2 aromatic rings. The van der Waals surface area contributed by atoms with Gasteiger partial charge >= 0.3 is 0 Å². The van der Waals surface area contributed by atoms with Crippen LogP contribution in [0.3, 0.4) is 0 Å². The summed E-state index contributed by atoms with van der Waals surface area (Å²) in [5.74, 6) is 1.70. The summed E-state index contributed by atoms with van der Waals surface area (Å²) in [6, 6.07) is 11.6. The molecule has 4 nitrogen and oxygen atoms in total. The minimum absolute atomic E-state index is 0.380. The first-order valence-corrected chi connectivity index (χ1v) is 7.70. The van der Waals surface area contributed by atoms with E-state index in [4.69, 9.17) is 4.42 Å². The van der Waals surface area contributed by atoms with Gasteiger partial charge in [-0.1, -0.05) is 37.3 Å². The maximum absolute atomic E-state index is 5.65. The van der Waals surface area contributed by atoms with Gasteiger partial charge in [-0.2, -0.15) is 0 Å². The predicted octanol–water partition coefficient (Wildman–Crippen LogP) is 2.91. The van der Waals surface area contributed by atoms with Crippen molar-refractivity contribution in [3.05, 3.63) is 53.7 Å². The van der Waals surface area contributed by atoms with Crippen molar-refractivity contribution >= 4 is 0 Å². The molecular formula is C17H23N3O. The Labute approximate surface area is 126 Å². The van der Waals surface area contributed by atoms with Crippen LogP contribution in [0, 0.1) is 6.92 Å². The molecule has 2 atom stereocenters. The zero-order valence-electron chi connectivity index (χ0n) is 12.7. The lowest BCUT2D eigenvalue weighted by Crippen LogP contribution is -2.51. The van der Waals surface area contributed by atoms with E-state index < -0.39 is 0 Å². The highest BCUT2D eigenvalue weighted by Crippen LogP contribution is 2.22. The summed E-state index contributed by atoms with van der Waals surface area (Å²) in [5, 5.41) is 3.66. The fraction of sp³-hybridized carbons (Fsp3) is 0.471. The van der Waals surface area contributed by atoms with Crippen molar-refractivity contribution < 1.29 is 4.42 Å². The summed E-state index contributed by atoms with van der Waals surface area (Å²) in [7, 11) is 0. The SMILES string of the molecule is CCC1CNC(c2ccccc2)CN1Cc1ncc(C)o1. The third kappa shape index (κ3) is 3.34. The fourth-order valence-corrected chi connectivity index (χ4v) is 3.01. The molecular weight excluding hydrogens is 262 g/mol. The highest BCUT2D eigenvalue weighted by Gasteiger charge is 2.28. The normalized spacial score (nSPS) is 23.3. The fourth-order valence-electron chi connectivity index (χ4n) is 3.01. The predicted molar refractivity (Wildman–Crippen MR) is 82.9 cm³/mol. The second-order valence-corrected chi connectivity index (χ2v) is 5.73. The van der Waals surface area contributed by atoms with Gasteiger partial charge in [0, 0.05) is 25.2 Å². The monoisotopic (exact) mass is 285 g/mol. The Bertz CT molecular complexity index is 566. The Hall–Kier alpha value is -1.65. The smallest absolute Gasteiger partial charge is 0.208 e. The van der Waals surface area contributed by atoms with Gasteiger partial charge in [0.1, 0.15) is 5.76 Å². The summed E-state index contributed by atoms with van der Waals surface area (Å²) < 4.78 is 5.65. The molecule has 4 heteroatoms. The number of benzene rings is 1. The van der Waals surface area contributed by atoms with Crippen LogP contribution in [0.2, 0.25) is 0 Å². The van der Waals surface area contributed by atoms with Crippen LogP contribution in [0.25, 0.3) is 0 Å². The maximum Gasteiger partial charge on any atom is 0.208 e. The number of rotatable bonds is 4. The van der Waals surface area contributed by atoms with Crippen molar-refractivity contribution in [2.45, 2.75) is 38.9 Å². The quantitative estimate of drug-likeness (QED) is 0.938. The zero-order valence-corrected chi connectivity index (χ0v) is 12.7. The number of nitrogens with one attached hydrogen (secondary N) is 1. The minimum atomic E-state index is 0.380. The molecule has 21 heavy (non-hydrogen) atoms. The molecule has 2 unspecified atom stereocenters. The standard InChI is InChI=1S/C17H23N3O/c1-3-15-10-18-16(14-7-5-4-6-8-14)11-20(15)12-17-19-9-13(2)21-17/h4-9,15-16,18H,3,10-12H2,1-2H3. The number of piperazine rings is 1. The molecule has 112 valence electrons. The Kier molecular flexibility index (Phi) is 4.36. The third-order valence-corrected chi connectivity index (χ3v) is 4.21. The Morgan fingerprint density at radius 1 is 1.33 bits per heavy atom. The van der Waals surface area contributed by atoms with Crippen LogP contribution in [0.4, 0.5) is 0 Å². The Balaban J connectivity index is 1.72. The molecule has 3 rings (SSSR count). The van der Waals surface area contributed by atoms with Gasteiger partial charge in [-0.3, -0.25) is 4.90 Å². The van der Waals surface area contributed by atoms with E-state index in [2.05, 4.69) is 52.5 Å². The van der Waals surface area contributed by atoms with E-state index in [0.29, 0.717) is 12.1 Å². The van der Waals surface area contributed by atoms with Gasteiger partial charge in [-0.25, -0.2) is 4.98 Å². The number of aromatic nitrogens is 1. The van der Waals surface area contributed by atoms with Crippen molar-refractivity contribution in [2.75, 3.05) is 13.1 Å². The van der Waals surface area contributed by atoms with E-state index in [-0.39, 0.29) is 0 Å². The lowest BCUT2D eigenvalue weighted by atomic mass is 10.0. The molecule has 1 fully saturated rings. The summed E-state index contributed by atoms with van der Waals surface area (Å²) in [6.07, 6.45) is 2.93. The van der Waals surface area contributed by atoms with Crippen LogP contribution >= 0.6 is 0 Å². The third-order valence-electron chi connectivity index (χ3n) is 4.21. The van der Waals surface area contributed by atoms with Crippen molar-refractivity contribution in [1.82, 2.24) is 15.2 Å². The molecule has 1 saturated heterocycles. The molecule has 0 amide bonds. The number of nitrogens with zero attached hydrogens (tertiary/aromatic N) is 2. The lowest BCUT2D eigenvalue weighted by Gasteiger charge is -2.39. The molecule has 0 bridgehead atoms. The van der Waals surface area contributed by atoms with Gasteiger partial charge in [-0.05, 0) is 18.9 Å². The first-order chi connectivity index (χ1) is 10.3. The lowest BCUT2D eigenvalue weighted by molar-refractivity contribution is 0.108. The van der Waals surface area contributed by atoms with Crippen LogP contribution in [-0.4, -0.2) is 29.0 Å². The molecule has 1 aliphatic heterocycles. The van der Waals surface area contributed by atoms with E-state index in [0.717, 1.165) is 37.7 Å². The second kappa shape index (κ2) is 6.41. The minimum Gasteiger partial charge on any atom is -0.445 e. The Morgan fingerprint density at radius 3 is 2.81 bits per heavy atom. The molecule has 1 aromatic carbocycles. The first kappa shape index (κ1) is 14.3. The van der Waals surface area contributed by atoms with Crippen molar-refractivity contribution in [1.29, 1.82) is 0 Å². The van der Waals surface area contributed by atoms with E-state index in [1.807, 2.05) is 6.92 Å². The number of hydrogen-bond acceptors (Lipinski definition) is 4. The zero-order chi connectivity index (χ0) is 14.7. The van der Waals surface area contributed by atoms with Gasteiger partial charge in [0.2, 0.25) is 5.89 Å². The Morgan fingerprint density at radius 2 is 2.14 bits per heavy atom. The second-order valence-electron chi connectivity index (χ2n) is 5.73. The van der Waals surface area contributed by atoms with Crippen LogP contribution in [0.1, 0.15) is 36.6 Å². The molecule has 0 saturated carbocycles. The number of aryl methyl sites for hydroxylation is 1. The highest BCUT2D eigenvalue weighted by molar-refractivity contribution is 5.20. The van der Waals surface area contributed by atoms with Gasteiger partial charge in [0.25, 0.3) is 0 Å². The number of hydrogen-bond donors (Lipinski definition) is 1. The van der Waals surface area contributed by atoms with E-state index in [1.54, 1.807) is 6.20 Å². The van der Waals surface area contributed by atoms with E-state index >= 15 is 0 Å². The van der Waals surface area contributed by atoms with Crippen molar-refractivity contribution in [2.24, 2.45) is 0 Å². The van der Waals surface area contributed by atoms with Gasteiger partial charge < -0.3 is 9.73 Å². The van der Waals surface area contributed by atoms with Gasteiger partial charge in [0.05, 0.1) is 12.7 Å². The van der Waals surface area contributed by atoms with Crippen molar-refractivity contribution in [3.63, 3.8) is 0 Å². The molecule has 0 aliphatic carbocycles. The summed E-state index contributed by atoms with van der Waals surface area (Å²) in [6.45, 7) is 6.97. The van der Waals surface area contributed by atoms with Crippen LogP contribution in [0.15, 0.2) is 40.9 Å². The van der Waals surface area contributed by atoms with Gasteiger partial charge in [-0.15, -0.1) is 0 Å². The molecule has 0 spiro atoms. The average molecular weight is 285 g/mol. The van der Waals surface area contributed by atoms with Gasteiger partial charge in [0.15, 0.2) is 0 Å². The molecule has 1 aliphatic rings. The van der Waals surface area contributed by atoms with Crippen LogP contribution in [0.5, 0.6) is 0 Å². The highest BCUT2D eigenvalue weighted by atomic mass is 16.4. The van der Waals surface area contributed by atoms with Crippen LogP contribution < -0.4 is 5.32 Å². The molecule has 2 heterocycles.